The van der Waals surface area contributed by atoms with Gasteiger partial charge in [-0.15, -0.1) is 0 Å². The first-order chi connectivity index (χ1) is 5.37. The SMILES string of the molecule is C/C(=C\C(C)(C)C)C(=O)C=[N+]=[N-]. The zero-order valence-electron chi connectivity index (χ0n) is 7.96. The molecule has 0 aliphatic carbocycles. The summed E-state index contributed by atoms with van der Waals surface area (Å²) in [5.74, 6) is -0.257. The molecule has 0 aromatic heterocycles. The van der Waals surface area contributed by atoms with Crippen LogP contribution in [0, 0.1) is 5.41 Å². The van der Waals surface area contributed by atoms with E-state index in [1.165, 1.54) is 0 Å². The van der Waals surface area contributed by atoms with Gasteiger partial charge in [0.1, 0.15) is 0 Å². The van der Waals surface area contributed by atoms with Crippen molar-refractivity contribution in [2.45, 2.75) is 27.7 Å². The molecule has 66 valence electrons. The lowest BCUT2D eigenvalue weighted by Crippen LogP contribution is -2.07. The van der Waals surface area contributed by atoms with Crippen molar-refractivity contribution in [1.29, 1.82) is 0 Å². The quantitative estimate of drug-likeness (QED) is 0.267. The molecule has 0 aromatic rings. The Morgan fingerprint density at radius 1 is 1.42 bits per heavy atom. The molecule has 3 nitrogen and oxygen atoms in total. The van der Waals surface area contributed by atoms with Gasteiger partial charge >= 0.3 is 6.21 Å². The number of hydrogen-bond donors (Lipinski definition) is 0. The fraction of sp³-hybridized carbons (Fsp3) is 0.556. The Labute approximate surface area is 72.7 Å². The number of Topliss-reactive ketones (excluding diaryl/α,β-unsaturated/α-hetero) is 1. The van der Waals surface area contributed by atoms with Gasteiger partial charge in [-0.25, -0.2) is 0 Å². The number of carbonyl (C=O) groups is 1. The molecule has 0 rings (SSSR count). The van der Waals surface area contributed by atoms with Crippen molar-refractivity contribution in [2.75, 3.05) is 0 Å². The Morgan fingerprint density at radius 2 is 1.92 bits per heavy atom. The van der Waals surface area contributed by atoms with Crippen LogP contribution in [0.15, 0.2) is 11.6 Å². The monoisotopic (exact) mass is 166 g/mol. The molecule has 0 radical (unpaired) electrons. The van der Waals surface area contributed by atoms with E-state index >= 15 is 0 Å². The molecule has 0 N–H and O–H groups in total. The van der Waals surface area contributed by atoms with E-state index in [2.05, 4.69) is 4.79 Å². The van der Waals surface area contributed by atoms with Crippen LogP contribution in [0.3, 0.4) is 0 Å². The minimum Gasteiger partial charge on any atom is -0.361 e. The van der Waals surface area contributed by atoms with Gasteiger partial charge < -0.3 is 5.53 Å². The molecule has 12 heavy (non-hydrogen) atoms. The summed E-state index contributed by atoms with van der Waals surface area (Å²) in [4.78, 5) is 13.7. The van der Waals surface area contributed by atoms with E-state index in [4.69, 9.17) is 5.53 Å². The van der Waals surface area contributed by atoms with Gasteiger partial charge in [-0.2, -0.15) is 4.79 Å². The van der Waals surface area contributed by atoms with Crippen molar-refractivity contribution >= 4 is 12.0 Å². The van der Waals surface area contributed by atoms with Gasteiger partial charge in [-0.05, 0) is 12.3 Å². The molecule has 0 saturated carbocycles. The van der Waals surface area contributed by atoms with Crippen molar-refractivity contribution in [1.82, 2.24) is 0 Å². The third-order valence-corrected chi connectivity index (χ3v) is 1.21. The highest BCUT2D eigenvalue weighted by Gasteiger charge is 2.11. The summed E-state index contributed by atoms with van der Waals surface area (Å²) in [5.41, 5.74) is 8.68. The maximum Gasteiger partial charge on any atom is 0.327 e. The van der Waals surface area contributed by atoms with Crippen LogP contribution in [0.25, 0.3) is 5.53 Å². The zero-order valence-corrected chi connectivity index (χ0v) is 7.96. The highest BCUT2D eigenvalue weighted by Crippen LogP contribution is 2.17. The van der Waals surface area contributed by atoms with Crippen LogP contribution >= 0.6 is 0 Å². The second-order valence-corrected chi connectivity index (χ2v) is 3.80. The lowest BCUT2D eigenvalue weighted by atomic mass is 9.93. The van der Waals surface area contributed by atoms with Crippen molar-refractivity contribution in [2.24, 2.45) is 5.41 Å². The van der Waals surface area contributed by atoms with Crippen molar-refractivity contribution in [3.63, 3.8) is 0 Å². The lowest BCUT2D eigenvalue weighted by Gasteiger charge is -2.12. The van der Waals surface area contributed by atoms with Gasteiger partial charge in [0.05, 0.1) is 0 Å². The van der Waals surface area contributed by atoms with Crippen LogP contribution in [0.1, 0.15) is 27.7 Å². The summed E-state index contributed by atoms with van der Waals surface area (Å²) in [7, 11) is 0. The maximum absolute atomic E-state index is 11.0. The van der Waals surface area contributed by atoms with Crippen LogP contribution in [0.5, 0.6) is 0 Å². The maximum atomic E-state index is 11.0. The molecule has 0 heterocycles. The van der Waals surface area contributed by atoms with Crippen molar-refractivity contribution in [3.8, 4) is 0 Å². The molecule has 0 saturated heterocycles. The van der Waals surface area contributed by atoms with E-state index in [1.807, 2.05) is 26.8 Å². The number of rotatable bonds is 2. The number of nitrogens with zero attached hydrogens (tertiary/aromatic N) is 2. The van der Waals surface area contributed by atoms with Crippen LogP contribution in [-0.4, -0.2) is 16.8 Å². The smallest absolute Gasteiger partial charge is 0.327 e. The molecule has 0 amide bonds. The summed E-state index contributed by atoms with van der Waals surface area (Å²) in [6.07, 6.45) is 2.74. The van der Waals surface area contributed by atoms with E-state index in [9.17, 15) is 4.79 Å². The van der Waals surface area contributed by atoms with E-state index in [0.29, 0.717) is 5.57 Å². The Hall–Kier alpha value is -1.21. The van der Waals surface area contributed by atoms with Crippen LogP contribution < -0.4 is 0 Å². The fourth-order valence-electron chi connectivity index (χ4n) is 0.875. The van der Waals surface area contributed by atoms with Crippen molar-refractivity contribution < 1.29 is 9.58 Å². The molecule has 0 spiro atoms. The Balaban J connectivity index is 4.60. The standard InChI is InChI=1S/C9H14N2O/c1-7(5-9(2,3)4)8(12)6-11-10/h5-6H,1-4H3/b7-5+. The van der Waals surface area contributed by atoms with Crippen LogP contribution in [-0.2, 0) is 4.79 Å². The third kappa shape index (κ3) is 4.58. The van der Waals surface area contributed by atoms with E-state index in [-0.39, 0.29) is 11.2 Å². The molecule has 0 aromatic carbocycles. The molecular formula is C9H14N2O. The van der Waals surface area contributed by atoms with E-state index in [1.54, 1.807) is 6.92 Å². The number of hydrogen-bond acceptors (Lipinski definition) is 1. The highest BCUT2D eigenvalue weighted by atomic mass is 16.1. The third-order valence-electron chi connectivity index (χ3n) is 1.21. The lowest BCUT2D eigenvalue weighted by molar-refractivity contribution is -0.112. The Morgan fingerprint density at radius 3 is 2.25 bits per heavy atom. The number of allylic oxidation sites excluding steroid dienone is 2. The number of ketones is 1. The normalized spacial score (nSPS) is 12.2. The van der Waals surface area contributed by atoms with Gasteiger partial charge in [0.25, 0.3) is 5.78 Å². The highest BCUT2D eigenvalue weighted by molar-refractivity contribution is 6.33. The van der Waals surface area contributed by atoms with Gasteiger partial charge in [0.2, 0.25) is 0 Å². The zero-order chi connectivity index (χ0) is 9.78. The molecule has 0 unspecified atom stereocenters. The summed E-state index contributed by atoms with van der Waals surface area (Å²) in [5, 5.41) is 0. The summed E-state index contributed by atoms with van der Waals surface area (Å²) in [6, 6.07) is 0. The summed E-state index contributed by atoms with van der Waals surface area (Å²) >= 11 is 0. The van der Waals surface area contributed by atoms with E-state index < -0.39 is 0 Å². The largest absolute Gasteiger partial charge is 0.361 e. The molecule has 0 aliphatic rings. The number of carbonyl (C=O) groups excluding carboxylic acids is 1. The van der Waals surface area contributed by atoms with Crippen LogP contribution in [0.2, 0.25) is 0 Å². The van der Waals surface area contributed by atoms with Gasteiger partial charge in [0.15, 0.2) is 0 Å². The second-order valence-electron chi connectivity index (χ2n) is 3.80. The van der Waals surface area contributed by atoms with Gasteiger partial charge in [-0.1, -0.05) is 26.8 Å². The fourth-order valence-corrected chi connectivity index (χ4v) is 0.875. The topological polar surface area (TPSA) is 53.5 Å². The molecule has 0 aliphatic heterocycles. The van der Waals surface area contributed by atoms with Gasteiger partial charge in [0, 0.05) is 5.57 Å². The van der Waals surface area contributed by atoms with Gasteiger partial charge in [-0.3, -0.25) is 4.79 Å². The van der Waals surface area contributed by atoms with Crippen LogP contribution in [0.4, 0.5) is 0 Å². The first-order valence-corrected chi connectivity index (χ1v) is 3.78. The summed E-state index contributed by atoms with van der Waals surface area (Å²) < 4.78 is 0. The Kier molecular flexibility index (Phi) is 3.58. The molecular weight excluding hydrogens is 152 g/mol. The van der Waals surface area contributed by atoms with E-state index in [0.717, 1.165) is 6.21 Å². The first-order valence-electron chi connectivity index (χ1n) is 3.78. The minimum atomic E-state index is -0.257. The van der Waals surface area contributed by atoms with Crippen molar-refractivity contribution in [3.05, 3.63) is 17.2 Å². The first kappa shape index (κ1) is 10.8. The average molecular weight is 166 g/mol. The molecule has 0 fully saturated rings. The Bertz CT molecular complexity index is 252. The molecule has 0 atom stereocenters. The molecule has 3 heteroatoms. The average Bonchev–Trinajstić information content (AvgIpc) is 1.84. The predicted octanol–water partition coefficient (Wildman–Crippen LogP) is 1.85. The second kappa shape index (κ2) is 3.98. The predicted molar refractivity (Wildman–Crippen MR) is 47.9 cm³/mol. The minimum absolute atomic E-state index is 0.0248. The molecule has 0 bridgehead atoms. The summed E-state index contributed by atoms with van der Waals surface area (Å²) in [6.45, 7) is 7.70.